The van der Waals surface area contributed by atoms with Gasteiger partial charge in [0.05, 0.1) is 4.92 Å². The summed E-state index contributed by atoms with van der Waals surface area (Å²) in [4.78, 5) is 14.3. The number of benzene rings is 1. The van der Waals surface area contributed by atoms with Crippen molar-refractivity contribution in [2.45, 2.75) is 13.8 Å². The highest BCUT2D eigenvalue weighted by Gasteiger charge is 2.18. The smallest absolute Gasteiger partial charge is 0.331 e. The molecule has 0 spiro atoms. The molecule has 0 amide bonds. The van der Waals surface area contributed by atoms with Gasteiger partial charge in [-0.1, -0.05) is 6.07 Å². The Morgan fingerprint density at radius 3 is 2.79 bits per heavy atom. The molecule has 2 aromatic rings. The maximum Gasteiger partial charge on any atom is 0.331 e. The Morgan fingerprint density at radius 1 is 1.37 bits per heavy atom. The minimum atomic E-state index is -0.548. The van der Waals surface area contributed by atoms with E-state index in [9.17, 15) is 15.2 Å². The predicted octanol–water partition coefficient (Wildman–Crippen LogP) is 3.10. The van der Waals surface area contributed by atoms with E-state index in [4.69, 9.17) is 4.74 Å². The first kappa shape index (κ1) is 12.8. The summed E-state index contributed by atoms with van der Waals surface area (Å²) in [5.74, 6) is 0.302. The topological polar surface area (TPSA) is 85.5 Å². The van der Waals surface area contributed by atoms with Crippen LogP contribution in [0.5, 0.6) is 17.4 Å². The van der Waals surface area contributed by atoms with Crippen molar-refractivity contribution in [1.29, 1.82) is 0 Å². The largest absolute Gasteiger partial charge is 0.508 e. The predicted molar refractivity (Wildman–Crippen MR) is 68.5 cm³/mol. The fourth-order valence-corrected chi connectivity index (χ4v) is 1.57. The molecular weight excluding hydrogens is 248 g/mol. The number of pyridine rings is 1. The molecule has 0 aliphatic carbocycles. The summed E-state index contributed by atoms with van der Waals surface area (Å²) in [5, 5.41) is 20.5. The normalized spacial score (nSPS) is 10.2. The van der Waals surface area contributed by atoms with E-state index in [1.807, 2.05) is 0 Å². The Balaban J connectivity index is 2.44. The zero-order valence-electron chi connectivity index (χ0n) is 10.5. The van der Waals surface area contributed by atoms with E-state index in [2.05, 4.69) is 4.98 Å². The maximum absolute atomic E-state index is 11.0. The number of aromatic hydroxyl groups is 1. The number of hydrogen-bond acceptors (Lipinski definition) is 5. The van der Waals surface area contributed by atoms with Gasteiger partial charge in [0.25, 0.3) is 5.88 Å². The van der Waals surface area contributed by atoms with Crippen molar-refractivity contribution >= 4 is 5.69 Å². The molecule has 98 valence electrons. The molecule has 1 aromatic heterocycles. The molecule has 0 aliphatic rings. The van der Waals surface area contributed by atoms with E-state index in [1.165, 1.54) is 18.3 Å². The molecule has 0 unspecified atom stereocenters. The molecule has 0 bridgehead atoms. The van der Waals surface area contributed by atoms with Crippen LogP contribution in [0.4, 0.5) is 5.69 Å². The highest BCUT2D eigenvalue weighted by atomic mass is 16.6. The molecule has 0 saturated carbocycles. The molecule has 19 heavy (non-hydrogen) atoms. The molecule has 0 atom stereocenters. The molecule has 0 radical (unpaired) electrons. The number of aromatic nitrogens is 1. The average Bonchev–Trinajstić information content (AvgIpc) is 2.36. The Labute approximate surface area is 109 Å². The summed E-state index contributed by atoms with van der Waals surface area (Å²) in [6.45, 7) is 3.37. The summed E-state index contributed by atoms with van der Waals surface area (Å²) in [7, 11) is 0. The number of ether oxygens (including phenoxy) is 1. The zero-order valence-corrected chi connectivity index (χ0v) is 10.5. The first-order chi connectivity index (χ1) is 8.99. The van der Waals surface area contributed by atoms with Gasteiger partial charge in [0.15, 0.2) is 0 Å². The van der Waals surface area contributed by atoms with E-state index >= 15 is 0 Å². The highest BCUT2D eigenvalue weighted by Crippen LogP contribution is 2.33. The first-order valence-corrected chi connectivity index (χ1v) is 5.56. The SMILES string of the molecule is Cc1cnc(Oc2cccc(O)c2C)c([N+](=O)[O-])c1. The van der Waals surface area contributed by atoms with Crippen LogP contribution in [0.25, 0.3) is 0 Å². The third-order valence-corrected chi connectivity index (χ3v) is 2.63. The lowest BCUT2D eigenvalue weighted by Gasteiger charge is -2.09. The van der Waals surface area contributed by atoms with Gasteiger partial charge in [-0.25, -0.2) is 4.98 Å². The standard InChI is InChI=1S/C13H12N2O4/c1-8-6-10(15(17)18)13(14-7-8)19-12-5-3-4-11(16)9(12)2/h3-7,16H,1-2H3. The van der Waals surface area contributed by atoms with Crippen LogP contribution in [0.1, 0.15) is 11.1 Å². The van der Waals surface area contributed by atoms with Crippen LogP contribution in [0.2, 0.25) is 0 Å². The highest BCUT2D eigenvalue weighted by molar-refractivity contribution is 5.48. The first-order valence-electron chi connectivity index (χ1n) is 5.56. The monoisotopic (exact) mass is 260 g/mol. The van der Waals surface area contributed by atoms with Crippen LogP contribution in [0, 0.1) is 24.0 Å². The van der Waals surface area contributed by atoms with E-state index in [-0.39, 0.29) is 17.3 Å². The van der Waals surface area contributed by atoms with Crippen LogP contribution in [-0.2, 0) is 0 Å². The van der Waals surface area contributed by atoms with Crippen molar-refractivity contribution in [3.63, 3.8) is 0 Å². The minimum Gasteiger partial charge on any atom is -0.508 e. The summed E-state index contributed by atoms with van der Waals surface area (Å²) in [6, 6.07) is 6.11. The second kappa shape index (κ2) is 4.93. The van der Waals surface area contributed by atoms with Crippen LogP contribution >= 0.6 is 0 Å². The summed E-state index contributed by atoms with van der Waals surface area (Å²) < 4.78 is 5.42. The number of aryl methyl sites for hydroxylation is 1. The second-order valence-electron chi connectivity index (χ2n) is 4.10. The molecule has 0 aliphatic heterocycles. The Kier molecular flexibility index (Phi) is 3.33. The van der Waals surface area contributed by atoms with Gasteiger partial charge < -0.3 is 9.84 Å². The quantitative estimate of drug-likeness (QED) is 0.677. The van der Waals surface area contributed by atoms with Crippen LogP contribution in [-0.4, -0.2) is 15.0 Å². The van der Waals surface area contributed by atoms with Gasteiger partial charge in [0.2, 0.25) is 0 Å². The zero-order chi connectivity index (χ0) is 14.0. The molecule has 0 fully saturated rings. The van der Waals surface area contributed by atoms with E-state index in [1.54, 1.807) is 26.0 Å². The van der Waals surface area contributed by atoms with Gasteiger partial charge in [0.1, 0.15) is 11.5 Å². The number of hydrogen-bond donors (Lipinski definition) is 1. The molecule has 0 saturated heterocycles. The van der Waals surface area contributed by atoms with Crippen molar-refractivity contribution in [2.75, 3.05) is 0 Å². The fourth-order valence-electron chi connectivity index (χ4n) is 1.57. The fraction of sp³-hybridized carbons (Fsp3) is 0.154. The van der Waals surface area contributed by atoms with Crippen molar-refractivity contribution in [3.05, 3.63) is 51.7 Å². The maximum atomic E-state index is 11.0. The average molecular weight is 260 g/mol. The number of phenols is 1. The van der Waals surface area contributed by atoms with Crippen molar-refractivity contribution in [1.82, 2.24) is 4.98 Å². The van der Waals surface area contributed by atoms with E-state index in [0.29, 0.717) is 16.9 Å². The Bertz CT molecular complexity index is 641. The molecule has 6 nitrogen and oxygen atoms in total. The Hall–Kier alpha value is -2.63. The van der Waals surface area contributed by atoms with Crippen molar-refractivity contribution in [3.8, 4) is 17.4 Å². The van der Waals surface area contributed by atoms with Gasteiger partial charge in [-0.15, -0.1) is 0 Å². The third kappa shape index (κ3) is 2.62. The van der Waals surface area contributed by atoms with Gasteiger partial charge in [-0.3, -0.25) is 10.1 Å². The molecule has 6 heteroatoms. The van der Waals surface area contributed by atoms with Gasteiger partial charge in [0, 0.05) is 17.8 Å². The summed E-state index contributed by atoms with van der Waals surface area (Å²) in [6.07, 6.45) is 1.49. The van der Waals surface area contributed by atoms with Crippen LogP contribution in [0.3, 0.4) is 0 Å². The lowest BCUT2D eigenvalue weighted by molar-refractivity contribution is -0.386. The Morgan fingerprint density at radius 2 is 2.11 bits per heavy atom. The van der Waals surface area contributed by atoms with Crippen molar-refractivity contribution in [2.24, 2.45) is 0 Å². The van der Waals surface area contributed by atoms with E-state index in [0.717, 1.165) is 0 Å². The second-order valence-corrected chi connectivity index (χ2v) is 4.10. The number of nitro groups is 1. The van der Waals surface area contributed by atoms with Crippen LogP contribution in [0.15, 0.2) is 30.5 Å². The molecule has 1 heterocycles. The molecule has 1 N–H and O–H groups in total. The lowest BCUT2D eigenvalue weighted by atomic mass is 10.2. The third-order valence-electron chi connectivity index (χ3n) is 2.63. The minimum absolute atomic E-state index is 0.0623. The lowest BCUT2D eigenvalue weighted by Crippen LogP contribution is -1.97. The van der Waals surface area contributed by atoms with E-state index < -0.39 is 4.92 Å². The summed E-state index contributed by atoms with van der Waals surface area (Å²) in [5.41, 5.74) is 0.966. The molecular formula is C13H12N2O4. The van der Waals surface area contributed by atoms with Gasteiger partial charge >= 0.3 is 5.69 Å². The van der Waals surface area contributed by atoms with Crippen LogP contribution < -0.4 is 4.74 Å². The van der Waals surface area contributed by atoms with Gasteiger partial charge in [-0.2, -0.15) is 0 Å². The molecule has 2 rings (SSSR count). The number of rotatable bonds is 3. The number of phenolic OH excluding ortho intramolecular Hbond substituents is 1. The number of nitrogens with zero attached hydrogens (tertiary/aromatic N) is 2. The van der Waals surface area contributed by atoms with Crippen molar-refractivity contribution < 1.29 is 14.8 Å². The van der Waals surface area contributed by atoms with Gasteiger partial charge in [-0.05, 0) is 31.5 Å². The summed E-state index contributed by atoms with van der Waals surface area (Å²) >= 11 is 0. The molecule has 1 aromatic carbocycles.